The minimum atomic E-state index is -0.359. The Kier molecular flexibility index (Phi) is 4.21. The Balaban J connectivity index is 1.60. The number of benzene rings is 3. The standard InChI is InChI=1S/C25H24N2O3/c1-25(2,3)17-9-11-18(12-10-17)27-23(16-8-13-21-22(14-16)30-15-29-21)26-20-7-5-4-6-19(20)24(27)28/h4-14,23,26H,15H2,1-3H3/t23-/m0/s1. The van der Waals surface area contributed by atoms with Gasteiger partial charge in [0.05, 0.1) is 5.56 Å². The van der Waals surface area contributed by atoms with E-state index < -0.39 is 0 Å². The molecule has 1 amide bonds. The molecule has 0 spiro atoms. The summed E-state index contributed by atoms with van der Waals surface area (Å²) in [6.07, 6.45) is -0.359. The second-order valence-electron chi connectivity index (χ2n) is 8.68. The second-order valence-corrected chi connectivity index (χ2v) is 8.68. The first-order valence-electron chi connectivity index (χ1n) is 10.1. The zero-order valence-corrected chi connectivity index (χ0v) is 17.3. The summed E-state index contributed by atoms with van der Waals surface area (Å²) in [5.74, 6) is 1.39. The Bertz CT molecular complexity index is 1120. The highest BCUT2D eigenvalue weighted by Gasteiger charge is 2.35. The molecule has 5 nitrogen and oxygen atoms in total. The van der Waals surface area contributed by atoms with Crippen molar-refractivity contribution in [1.29, 1.82) is 0 Å². The van der Waals surface area contributed by atoms with Gasteiger partial charge in [-0.2, -0.15) is 0 Å². The van der Waals surface area contributed by atoms with Crippen LogP contribution in [0.3, 0.4) is 0 Å². The number of nitrogens with one attached hydrogen (secondary N) is 1. The maximum Gasteiger partial charge on any atom is 0.262 e. The Morgan fingerprint density at radius 2 is 1.67 bits per heavy atom. The molecule has 0 radical (unpaired) electrons. The van der Waals surface area contributed by atoms with Crippen molar-refractivity contribution < 1.29 is 14.3 Å². The summed E-state index contributed by atoms with van der Waals surface area (Å²) in [5.41, 5.74) is 4.54. The lowest BCUT2D eigenvalue weighted by atomic mass is 9.87. The predicted octanol–water partition coefficient (Wildman–Crippen LogP) is 5.48. The van der Waals surface area contributed by atoms with Crippen molar-refractivity contribution in [2.24, 2.45) is 0 Å². The Morgan fingerprint density at radius 1 is 0.933 bits per heavy atom. The van der Waals surface area contributed by atoms with Crippen molar-refractivity contribution >= 4 is 17.3 Å². The molecule has 2 heterocycles. The number of hydrogen-bond acceptors (Lipinski definition) is 4. The van der Waals surface area contributed by atoms with Crippen molar-refractivity contribution in [3.63, 3.8) is 0 Å². The normalized spacial score (nSPS) is 17.5. The number of hydrogen-bond donors (Lipinski definition) is 1. The molecular weight excluding hydrogens is 376 g/mol. The van der Waals surface area contributed by atoms with E-state index in [-0.39, 0.29) is 24.3 Å². The van der Waals surface area contributed by atoms with Gasteiger partial charge in [-0.1, -0.05) is 51.1 Å². The average molecular weight is 400 g/mol. The monoisotopic (exact) mass is 400 g/mol. The molecule has 0 fully saturated rings. The van der Waals surface area contributed by atoms with Gasteiger partial charge in [-0.05, 0) is 52.9 Å². The maximum absolute atomic E-state index is 13.5. The number of fused-ring (bicyclic) bond motifs is 2. The molecule has 5 heteroatoms. The van der Waals surface area contributed by atoms with Crippen molar-refractivity contribution in [3.8, 4) is 11.5 Å². The summed E-state index contributed by atoms with van der Waals surface area (Å²) < 4.78 is 11.0. The molecule has 3 aromatic carbocycles. The van der Waals surface area contributed by atoms with Crippen LogP contribution in [0.25, 0.3) is 0 Å². The van der Waals surface area contributed by atoms with Gasteiger partial charge in [0.1, 0.15) is 6.17 Å². The van der Waals surface area contributed by atoms with Crippen molar-refractivity contribution in [2.75, 3.05) is 17.0 Å². The van der Waals surface area contributed by atoms with Crippen LogP contribution in [0.2, 0.25) is 0 Å². The van der Waals surface area contributed by atoms with Gasteiger partial charge in [-0.25, -0.2) is 0 Å². The van der Waals surface area contributed by atoms with E-state index in [1.165, 1.54) is 5.56 Å². The fourth-order valence-corrected chi connectivity index (χ4v) is 3.96. The second kappa shape index (κ2) is 6.80. The molecular formula is C25H24N2O3. The van der Waals surface area contributed by atoms with Crippen LogP contribution in [0.15, 0.2) is 66.7 Å². The highest BCUT2D eigenvalue weighted by atomic mass is 16.7. The van der Waals surface area contributed by atoms with Crippen molar-refractivity contribution in [3.05, 3.63) is 83.4 Å². The lowest BCUT2D eigenvalue weighted by molar-refractivity contribution is 0.0975. The summed E-state index contributed by atoms with van der Waals surface area (Å²) in [6, 6.07) is 21.7. The topological polar surface area (TPSA) is 50.8 Å². The van der Waals surface area contributed by atoms with Crippen LogP contribution in [0.4, 0.5) is 11.4 Å². The Hall–Kier alpha value is -3.47. The smallest absolute Gasteiger partial charge is 0.262 e. The highest BCUT2D eigenvalue weighted by Crippen LogP contribution is 2.40. The van der Waals surface area contributed by atoms with Crippen LogP contribution < -0.4 is 19.7 Å². The molecule has 5 rings (SSSR count). The minimum Gasteiger partial charge on any atom is -0.454 e. The van der Waals surface area contributed by atoms with Gasteiger partial charge in [0.15, 0.2) is 11.5 Å². The fraction of sp³-hybridized carbons (Fsp3) is 0.240. The van der Waals surface area contributed by atoms with E-state index in [9.17, 15) is 4.79 Å². The van der Waals surface area contributed by atoms with Gasteiger partial charge >= 0.3 is 0 Å². The molecule has 30 heavy (non-hydrogen) atoms. The first-order chi connectivity index (χ1) is 14.4. The SMILES string of the molecule is CC(C)(C)c1ccc(N2C(=O)c3ccccc3N[C@@H]2c2ccc3c(c2)OCO3)cc1. The molecule has 3 aromatic rings. The lowest BCUT2D eigenvalue weighted by Gasteiger charge is -2.38. The largest absolute Gasteiger partial charge is 0.454 e. The van der Waals surface area contributed by atoms with Gasteiger partial charge < -0.3 is 14.8 Å². The summed E-state index contributed by atoms with van der Waals surface area (Å²) in [4.78, 5) is 15.4. The highest BCUT2D eigenvalue weighted by molar-refractivity contribution is 6.12. The van der Waals surface area contributed by atoms with E-state index in [2.05, 4.69) is 38.2 Å². The summed E-state index contributed by atoms with van der Waals surface area (Å²) in [6.45, 7) is 6.76. The molecule has 1 atom stereocenters. The maximum atomic E-state index is 13.5. The van der Waals surface area contributed by atoms with Gasteiger partial charge in [0, 0.05) is 11.4 Å². The first-order valence-corrected chi connectivity index (χ1v) is 10.1. The summed E-state index contributed by atoms with van der Waals surface area (Å²) in [7, 11) is 0. The third kappa shape index (κ3) is 3.07. The lowest BCUT2D eigenvalue weighted by Crippen LogP contribution is -2.43. The van der Waals surface area contributed by atoms with E-state index in [1.807, 2.05) is 59.5 Å². The summed E-state index contributed by atoms with van der Waals surface area (Å²) in [5, 5.41) is 3.54. The molecule has 0 unspecified atom stereocenters. The number of amides is 1. The molecule has 152 valence electrons. The number of anilines is 2. The van der Waals surface area contributed by atoms with Crippen LogP contribution >= 0.6 is 0 Å². The minimum absolute atomic E-state index is 0.0319. The summed E-state index contributed by atoms with van der Waals surface area (Å²) >= 11 is 0. The molecule has 0 bridgehead atoms. The van der Waals surface area contributed by atoms with E-state index in [0.717, 1.165) is 22.7 Å². The number of rotatable bonds is 2. The molecule has 2 aliphatic heterocycles. The van der Waals surface area contributed by atoms with E-state index in [1.54, 1.807) is 0 Å². The average Bonchev–Trinajstić information content (AvgIpc) is 3.21. The van der Waals surface area contributed by atoms with Crippen molar-refractivity contribution in [1.82, 2.24) is 0 Å². The van der Waals surface area contributed by atoms with Crippen LogP contribution in [0.5, 0.6) is 11.5 Å². The number of nitrogens with zero attached hydrogens (tertiary/aromatic N) is 1. The van der Waals surface area contributed by atoms with Gasteiger partial charge in [-0.15, -0.1) is 0 Å². The third-order valence-electron chi connectivity index (χ3n) is 5.65. The van der Waals surface area contributed by atoms with E-state index in [4.69, 9.17) is 9.47 Å². The molecule has 0 aromatic heterocycles. The van der Waals surface area contributed by atoms with Crippen LogP contribution in [-0.2, 0) is 5.41 Å². The molecule has 2 aliphatic rings. The molecule has 0 saturated heterocycles. The Labute approximate surface area is 176 Å². The van der Waals surface area contributed by atoms with Gasteiger partial charge in [0.2, 0.25) is 6.79 Å². The number of carbonyl (C=O) groups excluding carboxylic acids is 1. The van der Waals surface area contributed by atoms with Crippen molar-refractivity contribution in [2.45, 2.75) is 32.4 Å². The number of carbonyl (C=O) groups is 1. The molecule has 0 saturated carbocycles. The predicted molar refractivity (Wildman–Crippen MR) is 117 cm³/mol. The van der Waals surface area contributed by atoms with Gasteiger partial charge in [0.25, 0.3) is 5.91 Å². The third-order valence-corrected chi connectivity index (χ3v) is 5.65. The van der Waals surface area contributed by atoms with Crippen LogP contribution in [0, 0.1) is 0 Å². The Morgan fingerprint density at radius 3 is 2.43 bits per heavy atom. The molecule has 1 N–H and O–H groups in total. The zero-order valence-electron chi connectivity index (χ0n) is 17.3. The number of para-hydroxylation sites is 1. The van der Waals surface area contributed by atoms with E-state index >= 15 is 0 Å². The van der Waals surface area contributed by atoms with Crippen LogP contribution in [0.1, 0.15) is 48.4 Å². The quantitative estimate of drug-likeness (QED) is 0.619. The first kappa shape index (κ1) is 18.6. The molecule has 0 aliphatic carbocycles. The zero-order chi connectivity index (χ0) is 20.9. The van der Waals surface area contributed by atoms with E-state index in [0.29, 0.717) is 11.3 Å². The fourth-order valence-electron chi connectivity index (χ4n) is 3.96. The van der Waals surface area contributed by atoms with Crippen LogP contribution in [-0.4, -0.2) is 12.7 Å². The number of ether oxygens (including phenoxy) is 2. The van der Waals surface area contributed by atoms with Gasteiger partial charge in [-0.3, -0.25) is 9.69 Å².